The maximum atomic E-state index is 13.9. The molecule has 152 valence electrons. The molecule has 0 saturated heterocycles. The standard InChI is InChI=1S/C23H28Br2O3/c1-13(2)21(24)19(15-5-9-17(26)10-6-15)23(28)20(22(25)14(3)4)16-7-11-18(27)12-8-16/h5-14,19-22,26-27H,1-4H3. The van der Waals surface area contributed by atoms with Crippen molar-refractivity contribution in [2.24, 2.45) is 11.8 Å². The van der Waals surface area contributed by atoms with Crippen molar-refractivity contribution in [1.82, 2.24) is 0 Å². The fraction of sp³-hybridized carbons (Fsp3) is 0.435. The number of phenolic OH excluding ortho intramolecular Hbond substituents is 2. The second kappa shape index (κ2) is 9.93. The summed E-state index contributed by atoms with van der Waals surface area (Å²) in [4.78, 5) is 13.8. The first-order valence-electron chi connectivity index (χ1n) is 9.53. The molecule has 2 N–H and O–H groups in total. The predicted molar refractivity (Wildman–Crippen MR) is 122 cm³/mol. The zero-order chi connectivity index (χ0) is 21.0. The quantitative estimate of drug-likeness (QED) is 0.404. The highest BCUT2D eigenvalue weighted by molar-refractivity contribution is 9.09. The Labute approximate surface area is 184 Å². The van der Waals surface area contributed by atoms with Crippen LogP contribution in [0.25, 0.3) is 0 Å². The van der Waals surface area contributed by atoms with Gasteiger partial charge in [0.1, 0.15) is 17.3 Å². The van der Waals surface area contributed by atoms with E-state index in [0.717, 1.165) is 11.1 Å². The second-order valence-electron chi connectivity index (χ2n) is 7.92. The molecule has 0 heterocycles. The van der Waals surface area contributed by atoms with Crippen LogP contribution in [-0.4, -0.2) is 25.7 Å². The van der Waals surface area contributed by atoms with Crippen molar-refractivity contribution in [2.45, 2.75) is 49.2 Å². The first-order chi connectivity index (χ1) is 13.1. The SMILES string of the molecule is CC(C)C(Br)C(C(=O)C(c1ccc(O)cc1)C(Br)C(C)C)c1ccc(O)cc1. The molecule has 2 aromatic rings. The number of Topliss-reactive ketones (excluding diaryl/α,β-unsaturated/α-hetero) is 1. The average molecular weight is 512 g/mol. The Hall–Kier alpha value is -1.33. The predicted octanol–water partition coefficient (Wildman–Crippen LogP) is 6.37. The van der Waals surface area contributed by atoms with Gasteiger partial charge in [-0.3, -0.25) is 4.79 Å². The lowest BCUT2D eigenvalue weighted by atomic mass is 9.76. The molecule has 0 fully saturated rings. The maximum absolute atomic E-state index is 13.9. The van der Waals surface area contributed by atoms with Gasteiger partial charge in [0.15, 0.2) is 0 Å². The molecular weight excluding hydrogens is 484 g/mol. The summed E-state index contributed by atoms with van der Waals surface area (Å²) in [5.41, 5.74) is 1.76. The Kier molecular flexibility index (Phi) is 8.14. The van der Waals surface area contributed by atoms with Crippen LogP contribution in [0.15, 0.2) is 48.5 Å². The number of carbonyl (C=O) groups excluding carboxylic acids is 1. The number of alkyl halides is 2. The highest BCUT2D eigenvalue weighted by Crippen LogP contribution is 2.40. The van der Waals surface area contributed by atoms with Crippen LogP contribution in [0.1, 0.15) is 50.7 Å². The third-order valence-corrected chi connectivity index (χ3v) is 8.20. The van der Waals surface area contributed by atoms with E-state index >= 15 is 0 Å². The van der Waals surface area contributed by atoms with Crippen molar-refractivity contribution < 1.29 is 15.0 Å². The minimum atomic E-state index is -0.363. The van der Waals surface area contributed by atoms with Crippen molar-refractivity contribution in [3.63, 3.8) is 0 Å². The molecule has 5 heteroatoms. The van der Waals surface area contributed by atoms with E-state index in [1.165, 1.54) is 0 Å². The number of aromatic hydroxyl groups is 2. The topological polar surface area (TPSA) is 57.5 Å². The van der Waals surface area contributed by atoms with Crippen molar-refractivity contribution in [3.05, 3.63) is 59.7 Å². The first kappa shape index (κ1) is 23.0. The summed E-state index contributed by atoms with van der Waals surface area (Å²) in [6.45, 7) is 8.35. The van der Waals surface area contributed by atoms with Crippen LogP contribution in [-0.2, 0) is 4.79 Å². The molecule has 3 nitrogen and oxygen atoms in total. The van der Waals surface area contributed by atoms with Gasteiger partial charge in [-0.15, -0.1) is 0 Å². The number of hydrogen-bond acceptors (Lipinski definition) is 3. The molecule has 0 aliphatic rings. The molecule has 4 unspecified atom stereocenters. The van der Waals surface area contributed by atoms with Gasteiger partial charge < -0.3 is 10.2 Å². The van der Waals surface area contributed by atoms with E-state index < -0.39 is 0 Å². The average Bonchev–Trinajstić information content (AvgIpc) is 2.65. The third-order valence-electron chi connectivity index (χ3n) is 5.03. The Morgan fingerprint density at radius 3 is 1.21 bits per heavy atom. The number of hydrogen-bond donors (Lipinski definition) is 2. The van der Waals surface area contributed by atoms with Crippen LogP contribution < -0.4 is 0 Å². The Bertz CT molecular complexity index is 704. The van der Waals surface area contributed by atoms with Crippen LogP contribution in [0.4, 0.5) is 0 Å². The molecule has 0 spiro atoms. The van der Waals surface area contributed by atoms with E-state index in [9.17, 15) is 15.0 Å². The summed E-state index contributed by atoms with van der Waals surface area (Å²) in [5.74, 6) is 0.244. The maximum Gasteiger partial charge on any atom is 0.150 e. The molecule has 0 aliphatic carbocycles. The largest absolute Gasteiger partial charge is 0.508 e. The van der Waals surface area contributed by atoms with Gasteiger partial charge in [-0.05, 0) is 47.2 Å². The van der Waals surface area contributed by atoms with Gasteiger partial charge in [0.2, 0.25) is 0 Å². The van der Waals surface area contributed by atoms with Gasteiger partial charge in [-0.25, -0.2) is 0 Å². The van der Waals surface area contributed by atoms with Crippen LogP contribution in [0, 0.1) is 11.8 Å². The van der Waals surface area contributed by atoms with Gasteiger partial charge >= 0.3 is 0 Å². The summed E-state index contributed by atoms with van der Waals surface area (Å²) in [6, 6.07) is 13.8. The van der Waals surface area contributed by atoms with Crippen molar-refractivity contribution in [3.8, 4) is 11.5 Å². The number of benzene rings is 2. The molecule has 4 atom stereocenters. The summed E-state index contributed by atoms with van der Waals surface area (Å²) in [5, 5.41) is 19.3. The molecule has 0 aliphatic heterocycles. The van der Waals surface area contributed by atoms with E-state index in [1.807, 2.05) is 24.3 Å². The summed E-state index contributed by atoms with van der Waals surface area (Å²) < 4.78 is 0. The van der Waals surface area contributed by atoms with E-state index in [2.05, 4.69) is 59.6 Å². The number of rotatable bonds is 8. The molecular formula is C23H28Br2O3. The van der Waals surface area contributed by atoms with E-state index in [0.29, 0.717) is 0 Å². The van der Waals surface area contributed by atoms with Gasteiger partial charge in [-0.1, -0.05) is 83.8 Å². The Morgan fingerprint density at radius 1 is 0.679 bits per heavy atom. The lowest BCUT2D eigenvalue weighted by Gasteiger charge is -2.32. The van der Waals surface area contributed by atoms with E-state index in [4.69, 9.17) is 0 Å². The highest BCUT2D eigenvalue weighted by atomic mass is 79.9. The molecule has 2 rings (SSSR count). The second-order valence-corrected chi connectivity index (χ2v) is 10.0. The summed E-state index contributed by atoms with van der Waals surface area (Å²) in [6.07, 6.45) is 0. The van der Waals surface area contributed by atoms with Gasteiger partial charge in [0.25, 0.3) is 0 Å². The molecule has 0 aromatic heterocycles. The van der Waals surface area contributed by atoms with Crippen LogP contribution in [0.2, 0.25) is 0 Å². The zero-order valence-electron chi connectivity index (χ0n) is 16.6. The van der Waals surface area contributed by atoms with E-state index in [1.54, 1.807) is 24.3 Å². The smallest absolute Gasteiger partial charge is 0.150 e. The zero-order valence-corrected chi connectivity index (χ0v) is 19.8. The highest BCUT2D eigenvalue weighted by Gasteiger charge is 2.39. The number of phenols is 2. The molecule has 28 heavy (non-hydrogen) atoms. The summed E-state index contributed by atoms with van der Waals surface area (Å²) >= 11 is 7.53. The fourth-order valence-corrected chi connectivity index (χ4v) is 4.47. The minimum Gasteiger partial charge on any atom is -0.508 e. The van der Waals surface area contributed by atoms with Gasteiger partial charge in [0, 0.05) is 9.65 Å². The number of halogens is 2. The first-order valence-corrected chi connectivity index (χ1v) is 11.4. The van der Waals surface area contributed by atoms with Crippen molar-refractivity contribution >= 4 is 37.6 Å². The fourth-order valence-electron chi connectivity index (χ4n) is 3.34. The van der Waals surface area contributed by atoms with Gasteiger partial charge in [-0.2, -0.15) is 0 Å². The van der Waals surface area contributed by atoms with Crippen molar-refractivity contribution in [1.29, 1.82) is 0 Å². The van der Waals surface area contributed by atoms with E-state index in [-0.39, 0.29) is 50.6 Å². The molecule has 2 aromatic carbocycles. The normalized spacial score (nSPS) is 16.0. The Morgan fingerprint density at radius 2 is 0.964 bits per heavy atom. The number of ketones is 1. The lowest BCUT2D eigenvalue weighted by Crippen LogP contribution is -2.35. The summed E-state index contributed by atoms with van der Waals surface area (Å²) in [7, 11) is 0. The molecule has 0 radical (unpaired) electrons. The molecule has 0 saturated carbocycles. The molecule has 0 amide bonds. The lowest BCUT2D eigenvalue weighted by molar-refractivity contribution is -0.122. The monoisotopic (exact) mass is 510 g/mol. The van der Waals surface area contributed by atoms with Crippen LogP contribution in [0.3, 0.4) is 0 Å². The van der Waals surface area contributed by atoms with Gasteiger partial charge in [0.05, 0.1) is 11.8 Å². The van der Waals surface area contributed by atoms with Crippen LogP contribution >= 0.6 is 31.9 Å². The van der Waals surface area contributed by atoms with Crippen LogP contribution in [0.5, 0.6) is 11.5 Å². The molecule has 0 bridgehead atoms. The van der Waals surface area contributed by atoms with Crippen molar-refractivity contribution in [2.75, 3.05) is 0 Å². The Balaban J connectivity index is 2.55. The third kappa shape index (κ3) is 5.38. The number of carbonyl (C=O) groups is 1. The minimum absolute atomic E-state index is 0.0454.